The third kappa shape index (κ3) is 15.0. The molecule has 0 N–H and O–H groups in total. The van der Waals surface area contributed by atoms with Crippen molar-refractivity contribution in [3.8, 4) is 11.1 Å². The summed E-state index contributed by atoms with van der Waals surface area (Å²) in [4.78, 5) is 61.2. The number of Topliss-reactive ketones (excluding diaryl/α,β-unsaturated/α-hetero) is 4. The van der Waals surface area contributed by atoms with E-state index in [1.54, 1.807) is 56.3 Å². The van der Waals surface area contributed by atoms with Crippen LogP contribution in [0.4, 0.5) is 13.2 Å². The fourth-order valence-corrected chi connectivity index (χ4v) is 5.94. The molecule has 0 aliphatic rings. The molecule has 1 unspecified atom stereocenters. The highest BCUT2D eigenvalue weighted by Gasteiger charge is 2.39. The Labute approximate surface area is 338 Å². The van der Waals surface area contributed by atoms with E-state index in [4.69, 9.17) is 4.74 Å². The van der Waals surface area contributed by atoms with Crippen molar-refractivity contribution in [3.63, 3.8) is 0 Å². The predicted octanol–water partition coefficient (Wildman–Crippen LogP) is 12.8. The Hall–Kier alpha value is -5.18. The predicted molar refractivity (Wildman–Crippen MR) is 225 cm³/mol. The van der Waals surface area contributed by atoms with Crippen molar-refractivity contribution in [1.82, 2.24) is 0 Å². The fraction of sp³-hybridized carbons (Fsp3) is 0.396. The lowest BCUT2D eigenvalue weighted by Crippen LogP contribution is -2.36. The molecule has 1 atom stereocenters. The third-order valence-electron chi connectivity index (χ3n) is 8.77. The Bertz CT molecular complexity index is 1930. The number of hydrogen-bond acceptors (Lipinski definition) is 6. The largest absolute Gasteiger partial charge is 0.465 e. The van der Waals surface area contributed by atoms with E-state index in [-0.39, 0.29) is 49.0 Å². The first kappa shape index (κ1) is 51.8. The maximum Gasteiger partial charge on any atom is 0.416 e. The molecule has 4 aromatic rings. The van der Waals surface area contributed by atoms with Gasteiger partial charge in [0.25, 0.3) is 0 Å². The van der Waals surface area contributed by atoms with Crippen LogP contribution in [0.25, 0.3) is 11.1 Å². The summed E-state index contributed by atoms with van der Waals surface area (Å²) in [5, 5.41) is 0. The Morgan fingerprint density at radius 2 is 1.16 bits per heavy atom. The molecule has 4 aromatic carbocycles. The Kier molecular flexibility index (Phi) is 22.9. The van der Waals surface area contributed by atoms with Gasteiger partial charge in [-0.3, -0.25) is 24.0 Å². The first-order chi connectivity index (χ1) is 26.9. The van der Waals surface area contributed by atoms with E-state index in [1.165, 1.54) is 32.9 Å². The Balaban J connectivity index is 0.00000104. The number of carbonyl (C=O) groups is 5. The minimum atomic E-state index is -4.35. The van der Waals surface area contributed by atoms with Crippen molar-refractivity contribution in [1.29, 1.82) is 0 Å². The molecule has 0 spiro atoms. The smallest absolute Gasteiger partial charge is 0.416 e. The second-order valence-corrected chi connectivity index (χ2v) is 12.7. The Morgan fingerprint density at radius 1 is 0.632 bits per heavy atom. The molecule has 6 nitrogen and oxygen atoms in total. The average Bonchev–Trinajstić information content (AvgIpc) is 3.19. The number of hydrogen-bond donors (Lipinski definition) is 0. The lowest BCUT2D eigenvalue weighted by atomic mass is 9.75. The van der Waals surface area contributed by atoms with E-state index in [0.717, 1.165) is 28.8 Å². The number of ketones is 4. The molecule has 0 aromatic heterocycles. The summed E-state index contributed by atoms with van der Waals surface area (Å²) in [6.45, 7) is 23.8. The molecule has 0 amide bonds. The molecule has 4 rings (SSSR count). The van der Waals surface area contributed by atoms with Crippen molar-refractivity contribution in [2.75, 3.05) is 6.61 Å². The van der Waals surface area contributed by atoms with Gasteiger partial charge in [-0.1, -0.05) is 108 Å². The van der Waals surface area contributed by atoms with Gasteiger partial charge in [0.2, 0.25) is 0 Å². The quantitative estimate of drug-likeness (QED) is 0.105. The standard InChI is InChI=1S/C26H30O5.C16H13F3O.3C2H6/c1-6-31-25(30)26(5,24-10-8-7-9-22(24)18(3)27)14-13-21(29)15-20-12-11-17(2)23(16-20)19(4)28;1-10-4-3-5-14(11(2)20)15(10)12-6-8-13(9-7-12)16(17,18)19;3*1-2/h7-12,16H,6,13-15H2,1-5H3;3-9H,1-2H3;3*1-2H3. The van der Waals surface area contributed by atoms with Gasteiger partial charge >= 0.3 is 12.1 Å². The van der Waals surface area contributed by atoms with Crippen LogP contribution in [0.2, 0.25) is 0 Å². The molecule has 0 bridgehead atoms. The number of benzene rings is 4. The number of aryl methyl sites for hydroxylation is 2. The van der Waals surface area contributed by atoms with Crippen LogP contribution >= 0.6 is 0 Å². The molecule has 0 heterocycles. The van der Waals surface area contributed by atoms with E-state index in [1.807, 2.05) is 73.6 Å². The van der Waals surface area contributed by atoms with Gasteiger partial charge in [-0.05, 0) is 106 Å². The minimum Gasteiger partial charge on any atom is -0.465 e. The van der Waals surface area contributed by atoms with Crippen molar-refractivity contribution in [2.45, 2.75) is 121 Å². The maximum absolute atomic E-state index is 12.9. The first-order valence-electron chi connectivity index (χ1n) is 19.6. The zero-order valence-electron chi connectivity index (χ0n) is 36.0. The normalized spacial score (nSPS) is 11.2. The molecule has 0 fully saturated rings. The molecule has 0 aliphatic heterocycles. The number of esters is 1. The highest BCUT2D eigenvalue weighted by Crippen LogP contribution is 2.35. The van der Waals surface area contributed by atoms with Gasteiger partial charge in [0, 0.05) is 29.5 Å². The lowest BCUT2D eigenvalue weighted by molar-refractivity contribution is -0.150. The zero-order valence-corrected chi connectivity index (χ0v) is 36.0. The number of halogens is 3. The van der Waals surface area contributed by atoms with Crippen molar-refractivity contribution >= 4 is 29.1 Å². The van der Waals surface area contributed by atoms with Crippen LogP contribution in [0.5, 0.6) is 0 Å². The SMILES string of the molecule is CC.CC.CC.CC(=O)c1cccc(C)c1-c1ccc(C(F)(F)F)cc1.CCOC(=O)C(C)(CCC(=O)Cc1ccc(C)c(C(C)=O)c1)c1ccccc1C(C)=O. The molecule has 9 heteroatoms. The molecule has 0 saturated heterocycles. The molecular weight excluding hydrogens is 730 g/mol. The average molecular weight is 791 g/mol. The minimum absolute atomic E-state index is 0.0393. The summed E-state index contributed by atoms with van der Waals surface area (Å²) in [5.74, 6) is -0.792. The highest BCUT2D eigenvalue weighted by molar-refractivity contribution is 6.01. The molecule has 0 radical (unpaired) electrons. The van der Waals surface area contributed by atoms with Gasteiger partial charge in [-0.15, -0.1) is 0 Å². The fourth-order valence-electron chi connectivity index (χ4n) is 5.94. The maximum atomic E-state index is 12.9. The highest BCUT2D eigenvalue weighted by atomic mass is 19.4. The van der Waals surface area contributed by atoms with Crippen LogP contribution in [0.15, 0.2) is 84.9 Å². The number of alkyl halides is 3. The van der Waals surface area contributed by atoms with E-state index >= 15 is 0 Å². The van der Waals surface area contributed by atoms with E-state index in [0.29, 0.717) is 33.4 Å². The van der Waals surface area contributed by atoms with Crippen molar-refractivity contribution in [2.24, 2.45) is 0 Å². The molecule has 0 saturated carbocycles. The van der Waals surface area contributed by atoms with Gasteiger partial charge < -0.3 is 4.74 Å². The number of carbonyl (C=O) groups excluding carboxylic acids is 5. The van der Waals surface area contributed by atoms with Crippen molar-refractivity contribution < 1.29 is 41.9 Å². The van der Waals surface area contributed by atoms with Crippen LogP contribution in [-0.2, 0) is 32.3 Å². The number of ether oxygens (including phenoxy) is 1. The second kappa shape index (κ2) is 25.1. The monoisotopic (exact) mass is 790 g/mol. The van der Waals surface area contributed by atoms with E-state index in [9.17, 15) is 37.1 Å². The van der Waals surface area contributed by atoms with Gasteiger partial charge in [-0.2, -0.15) is 13.2 Å². The van der Waals surface area contributed by atoms with Crippen LogP contribution in [0.3, 0.4) is 0 Å². The van der Waals surface area contributed by atoms with Crippen molar-refractivity contribution in [3.05, 3.63) is 129 Å². The van der Waals surface area contributed by atoms with Crippen LogP contribution < -0.4 is 0 Å². The summed E-state index contributed by atoms with van der Waals surface area (Å²) >= 11 is 0. The van der Waals surface area contributed by atoms with Crippen LogP contribution in [0.1, 0.15) is 148 Å². The van der Waals surface area contributed by atoms with Gasteiger partial charge in [0.1, 0.15) is 5.78 Å². The van der Waals surface area contributed by atoms with Crippen LogP contribution in [0, 0.1) is 13.8 Å². The Morgan fingerprint density at radius 3 is 1.67 bits per heavy atom. The molecular formula is C48H61F3O6. The van der Waals surface area contributed by atoms with E-state index in [2.05, 4.69) is 0 Å². The third-order valence-corrected chi connectivity index (χ3v) is 8.77. The zero-order chi connectivity index (χ0) is 44.1. The summed E-state index contributed by atoms with van der Waals surface area (Å²) < 4.78 is 43.0. The summed E-state index contributed by atoms with van der Waals surface area (Å²) in [5.41, 5.74) is 4.14. The van der Waals surface area contributed by atoms with E-state index < -0.39 is 23.1 Å². The summed E-state index contributed by atoms with van der Waals surface area (Å²) in [6, 6.07) is 22.5. The molecule has 57 heavy (non-hydrogen) atoms. The summed E-state index contributed by atoms with van der Waals surface area (Å²) in [7, 11) is 0. The van der Waals surface area contributed by atoms with Crippen LogP contribution in [-0.4, -0.2) is 35.7 Å². The first-order valence-corrected chi connectivity index (χ1v) is 19.6. The van der Waals surface area contributed by atoms with Gasteiger partial charge in [-0.25, -0.2) is 0 Å². The van der Waals surface area contributed by atoms with Gasteiger partial charge in [0.05, 0.1) is 17.6 Å². The second-order valence-electron chi connectivity index (χ2n) is 12.7. The molecule has 310 valence electrons. The molecule has 0 aliphatic carbocycles. The topological polar surface area (TPSA) is 94.6 Å². The summed E-state index contributed by atoms with van der Waals surface area (Å²) in [6.07, 6.45) is -3.81. The lowest BCUT2D eigenvalue weighted by Gasteiger charge is -2.29. The van der Waals surface area contributed by atoms with Gasteiger partial charge in [0.15, 0.2) is 17.3 Å². The number of rotatable bonds is 12.